The summed E-state index contributed by atoms with van der Waals surface area (Å²) in [6, 6.07) is 3.94. The number of rotatable bonds is 6. The minimum atomic E-state index is -3.47. The molecular formula is C15H24N2O3S. The first-order valence-electron chi connectivity index (χ1n) is 7.32. The molecule has 1 heterocycles. The first-order chi connectivity index (χ1) is 9.94. The molecule has 0 bridgehead atoms. The predicted molar refractivity (Wildman–Crippen MR) is 83.3 cm³/mol. The van der Waals surface area contributed by atoms with Gasteiger partial charge in [0.25, 0.3) is 0 Å². The molecule has 21 heavy (non-hydrogen) atoms. The molecule has 0 aliphatic carbocycles. The molecule has 6 heteroatoms. The average Bonchev–Trinajstić information content (AvgIpc) is 2.90. The van der Waals surface area contributed by atoms with Crippen LogP contribution in [0.3, 0.4) is 0 Å². The fourth-order valence-corrected chi connectivity index (χ4v) is 4.39. The number of hydrogen-bond acceptors (Lipinski definition) is 4. The molecule has 0 aromatic heterocycles. The van der Waals surface area contributed by atoms with Crippen LogP contribution in [0.2, 0.25) is 0 Å². The van der Waals surface area contributed by atoms with Gasteiger partial charge in [-0.3, -0.25) is 0 Å². The van der Waals surface area contributed by atoms with Gasteiger partial charge in [-0.25, -0.2) is 13.1 Å². The Morgan fingerprint density at radius 1 is 1.33 bits per heavy atom. The topological polar surface area (TPSA) is 67.4 Å². The van der Waals surface area contributed by atoms with Crippen molar-refractivity contribution >= 4 is 10.0 Å². The van der Waals surface area contributed by atoms with Gasteiger partial charge >= 0.3 is 0 Å². The molecule has 1 saturated heterocycles. The lowest BCUT2D eigenvalue weighted by Gasteiger charge is -2.15. The minimum absolute atomic E-state index is 0.364. The Balaban J connectivity index is 2.08. The zero-order valence-electron chi connectivity index (χ0n) is 12.9. The first kappa shape index (κ1) is 16.3. The van der Waals surface area contributed by atoms with E-state index in [-0.39, 0.29) is 0 Å². The van der Waals surface area contributed by atoms with Gasteiger partial charge in [-0.2, -0.15) is 0 Å². The zero-order chi connectivity index (χ0) is 15.5. The van der Waals surface area contributed by atoms with E-state index in [0.29, 0.717) is 34.4 Å². The van der Waals surface area contributed by atoms with Crippen LogP contribution in [0.4, 0.5) is 0 Å². The molecule has 1 fully saturated rings. The van der Waals surface area contributed by atoms with Crippen LogP contribution in [0.25, 0.3) is 0 Å². The van der Waals surface area contributed by atoms with E-state index in [2.05, 4.69) is 10.0 Å². The van der Waals surface area contributed by atoms with Crippen LogP contribution in [-0.4, -0.2) is 34.7 Å². The van der Waals surface area contributed by atoms with Crippen LogP contribution < -0.4 is 14.8 Å². The third kappa shape index (κ3) is 3.96. The van der Waals surface area contributed by atoms with E-state index in [4.69, 9.17) is 4.74 Å². The van der Waals surface area contributed by atoms with E-state index in [1.165, 1.54) is 6.42 Å². The van der Waals surface area contributed by atoms with E-state index in [1.54, 1.807) is 33.1 Å². The van der Waals surface area contributed by atoms with Gasteiger partial charge in [-0.1, -0.05) is 0 Å². The number of methoxy groups -OCH3 is 1. The van der Waals surface area contributed by atoms with Crippen molar-refractivity contribution < 1.29 is 13.2 Å². The van der Waals surface area contributed by atoms with Gasteiger partial charge in [0.1, 0.15) is 5.75 Å². The SMILES string of the molecule is COc1cc(C)c(S(=O)(=O)NCCC2CCCN2)c(C)c1. The van der Waals surface area contributed by atoms with Gasteiger partial charge in [0.2, 0.25) is 10.0 Å². The molecule has 0 saturated carbocycles. The Morgan fingerprint density at radius 2 is 2.00 bits per heavy atom. The maximum Gasteiger partial charge on any atom is 0.241 e. The molecule has 1 unspecified atom stereocenters. The van der Waals surface area contributed by atoms with Crippen molar-refractivity contribution in [1.29, 1.82) is 0 Å². The molecule has 0 amide bonds. The summed E-state index contributed by atoms with van der Waals surface area (Å²) in [4.78, 5) is 0.364. The number of ether oxygens (including phenoxy) is 1. The second-order valence-electron chi connectivity index (χ2n) is 5.57. The summed E-state index contributed by atoms with van der Waals surface area (Å²) < 4.78 is 32.8. The Morgan fingerprint density at radius 3 is 2.52 bits per heavy atom. The molecule has 5 nitrogen and oxygen atoms in total. The van der Waals surface area contributed by atoms with Gasteiger partial charge in [0, 0.05) is 12.6 Å². The van der Waals surface area contributed by atoms with E-state index in [9.17, 15) is 8.42 Å². The fraction of sp³-hybridized carbons (Fsp3) is 0.600. The summed E-state index contributed by atoms with van der Waals surface area (Å²) in [5.74, 6) is 0.680. The second-order valence-corrected chi connectivity index (χ2v) is 7.27. The minimum Gasteiger partial charge on any atom is -0.497 e. The Labute approximate surface area is 127 Å². The molecular weight excluding hydrogens is 288 g/mol. The standard InChI is InChI=1S/C15H24N2O3S/c1-11-9-14(20-3)10-12(2)15(11)21(18,19)17-8-6-13-5-4-7-16-13/h9-10,13,16-17H,4-8H2,1-3H3. The first-order valence-corrected chi connectivity index (χ1v) is 8.80. The third-order valence-corrected chi connectivity index (χ3v) is 5.65. The Kier molecular flexibility index (Phi) is 5.24. The van der Waals surface area contributed by atoms with Crippen LogP contribution in [-0.2, 0) is 10.0 Å². The summed E-state index contributed by atoms with van der Waals surface area (Å²) in [5, 5.41) is 3.37. The fourth-order valence-electron chi connectivity index (χ4n) is 2.90. The van der Waals surface area contributed by atoms with Crippen LogP contribution in [0.1, 0.15) is 30.4 Å². The van der Waals surface area contributed by atoms with Gasteiger partial charge in [-0.15, -0.1) is 0 Å². The molecule has 1 atom stereocenters. The Bertz CT molecular complexity index is 570. The highest BCUT2D eigenvalue weighted by atomic mass is 32.2. The van der Waals surface area contributed by atoms with Crippen molar-refractivity contribution in [2.45, 2.75) is 44.0 Å². The normalized spacial score (nSPS) is 18.9. The van der Waals surface area contributed by atoms with Gasteiger partial charge in [0.15, 0.2) is 0 Å². The zero-order valence-corrected chi connectivity index (χ0v) is 13.7. The van der Waals surface area contributed by atoms with Crippen molar-refractivity contribution in [3.63, 3.8) is 0 Å². The highest BCUT2D eigenvalue weighted by Crippen LogP contribution is 2.25. The van der Waals surface area contributed by atoms with Crippen LogP contribution in [0.5, 0.6) is 5.75 Å². The van der Waals surface area contributed by atoms with Gasteiger partial charge in [-0.05, 0) is 62.9 Å². The molecule has 118 valence electrons. The highest BCUT2D eigenvalue weighted by molar-refractivity contribution is 7.89. The molecule has 1 aromatic rings. The van der Waals surface area contributed by atoms with E-state index >= 15 is 0 Å². The lowest BCUT2D eigenvalue weighted by Crippen LogP contribution is -2.31. The largest absolute Gasteiger partial charge is 0.497 e. The molecule has 1 aliphatic heterocycles. The Hall–Kier alpha value is -1.11. The summed E-state index contributed by atoms with van der Waals surface area (Å²) in [7, 11) is -1.89. The van der Waals surface area contributed by atoms with Crippen LogP contribution in [0.15, 0.2) is 17.0 Å². The number of benzene rings is 1. The van der Waals surface area contributed by atoms with Crippen LogP contribution >= 0.6 is 0 Å². The smallest absolute Gasteiger partial charge is 0.241 e. The monoisotopic (exact) mass is 312 g/mol. The molecule has 1 aliphatic rings. The third-order valence-electron chi connectivity index (χ3n) is 3.89. The van der Waals surface area contributed by atoms with Crippen molar-refractivity contribution in [1.82, 2.24) is 10.0 Å². The molecule has 1 aromatic carbocycles. The van der Waals surface area contributed by atoms with Gasteiger partial charge in [0.05, 0.1) is 12.0 Å². The van der Waals surface area contributed by atoms with E-state index < -0.39 is 10.0 Å². The number of sulfonamides is 1. The molecule has 2 rings (SSSR count). The lowest BCUT2D eigenvalue weighted by atomic mass is 10.1. The average molecular weight is 312 g/mol. The molecule has 0 radical (unpaired) electrons. The number of nitrogens with one attached hydrogen (secondary N) is 2. The van der Waals surface area contributed by atoms with Crippen molar-refractivity contribution in [2.24, 2.45) is 0 Å². The van der Waals surface area contributed by atoms with Crippen molar-refractivity contribution in [2.75, 3.05) is 20.2 Å². The summed E-state index contributed by atoms with van der Waals surface area (Å²) in [6.45, 7) is 5.09. The maximum atomic E-state index is 12.5. The molecule has 0 spiro atoms. The van der Waals surface area contributed by atoms with E-state index in [0.717, 1.165) is 19.4 Å². The maximum absolute atomic E-state index is 12.5. The van der Waals surface area contributed by atoms with Gasteiger partial charge < -0.3 is 10.1 Å². The summed E-state index contributed by atoms with van der Waals surface area (Å²) >= 11 is 0. The van der Waals surface area contributed by atoms with E-state index in [1.807, 2.05) is 0 Å². The molecule has 2 N–H and O–H groups in total. The number of aryl methyl sites for hydroxylation is 2. The van der Waals surface area contributed by atoms with Crippen molar-refractivity contribution in [3.05, 3.63) is 23.3 Å². The summed E-state index contributed by atoms with van der Waals surface area (Å²) in [5.41, 5.74) is 1.41. The number of hydrogen-bond donors (Lipinski definition) is 2. The quantitative estimate of drug-likeness (QED) is 0.839. The second kappa shape index (κ2) is 6.77. The predicted octanol–water partition coefficient (Wildman–Crippen LogP) is 1.73. The van der Waals surface area contributed by atoms with Crippen molar-refractivity contribution in [3.8, 4) is 5.75 Å². The lowest BCUT2D eigenvalue weighted by molar-refractivity contribution is 0.413. The summed E-state index contributed by atoms with van der Waals surface area (Å²) in [6.07, 6.45) is 3.13. The highest BCUT2D eigenvalue weighted by Gasteiger charge is 2.21. The van der Waals surface area contributed by atoms with Crippen LogP contribution in [0, 0.1) is 13.8 Å².